The van der Waals surface area contributed by atoms with Crippen LogP contribution in [0, 0.1) is 12.8 Å². The van der Waals surface area contributed by atoms with E-state index in [1.54, 1.807) is 37.4 Å². The van der Waals surface area contributed by atoms with Crippen LogP contribution in [0.5, 0.6) is 5.75 Å². The smallest absolute Gasteiger partial charge is 0.256 e. The zero-order valence-corrected chi connectivity index (χ0v) is 17.6. The second-order valence-corrected chi connectivity index (χ2v) is 7.27. The van der Waals surface area contributed by atoms with E-state index >= 15 is 0 Å². The summed E-state index contributed by atoms with van der Waals surface area (Å²) in [7, 11) is 1.56. The van der Waals surface area contributed by atoms with E-state index in [4.69, 9.17) is 10.5 Å². The zero-order valence-electron chi connectivity index (χ0n) is 16.8. The number of anilines is 3. The first-order valence-corrected chi connectivity index (χ1v) is 9.64. The number of halogens is 1. The molecule has 0 heterocycles. The Morgan fingerprint density at radius 3 is 2.45 bits per heavy atom. The van der Waals surface area contributed by atoms with Gasteiger partial charge in [-0.25, -0.2) is 0 Å². The third-order valence-corrected chi connectivity index (χ3v) is 5.20. The van der Waals surface area contributed by atoms with Crippen LogP contribution in [-0.2, 0) is 4.79 Å². The number of hydrogen-bond acceptors (Lipinski definition) is 4. The molecular formula is C22H28ClN3O3. The van der Waals surface area contributed by atoms with Gasteiger partial charge in [0.05, 0.1) is 12.8 Å². The highest BCUT2D eigenvalue weighted by Crippen LogP contribution is 2.31. The number of nitrogen functional groups attached to an aromatic ring is 1. The number of aryl methyl sites for hydroxylation is 1. The molecule has 0 aromatic heterocycles. The number of rotatable bonds is 5. The number of methoxy groups -OCH3 is 1. The molecule has 0 saturated heterocycles. The summed E-state index contributed by atoms with van der Waals surface area (Å²) in [5, 5.41) is 5.84. The van der Waals surface area contributed by atoms with Crippen molar-refractivity contribution in [1.82, 2.24) is 0 Å². The predicted molar refractivity (Wildman–Crippen MR) is 119 cm³/mol. The molecular weight excluding hydrogens is 390 g/mol. The van der Waals surface area contributed by atoms with Crippen LogP contribution in [0.4, 0.5) is 17.1 Å². The quantitative estimate of drug-likeness (QED) is 0.610. The molecule has 3 rings (SSSR count). The van der Waals surface area contributed by atoms with Crippen molar-refractivity contribution in [3.63, 3.8) is 0 Å². The first kappa shape index (κ1) is 22.6. The van der Waals surface area contributed by atoms with Crippen LogP contribution in [-0.4, -0.2) is 18.9 Å². The third-order valence-electron chi connectivity index (χ3n) is 5.20. The van der Waals surface area contributed by atoms with Crippen molar-refractivity contribution < 1.29 is 14.3 Å². The fourth-order valence-electron chi connectivity index (χ4n) is 3.57. The van der Waals surface area contributed by atoms with E-state index in [1.807, 2.05) is 13.0 Å². The van der Waals surface area contributed by atoms with Crippen LogP contribution >= 0.6 is 12.4 Å². The Morgan fingerprint density at radius 2 is 1.76 bits per heavy atom. The summed E-state index contributed by atoms with van der Waals surface area (Å²) in [5.74, 6) is 0.349. The topological polar surface area (TPSA) is 93.4 Å². The third kappa shape index (κ3) is 5.64. The molecule has 1 aliphatic carbocycles. The molecule has 0 spiro atoms. The van der Waals surface area contributed by atoms with Crippen molar-refractivity contribution in [2.75, 3.05) is 23.5 Å². The zero-order chi connectivity index (χ0) is 20.1. The lowest BCUT2D eigenvalue weighted by Gasteiger charge is -2.21. The lowest BCUT2D eigenvalue weighted by atomic mass is 9.88. The highest BCUT2D eigenvalue weighted by Gasteiger charge is 2.22. The van der Waals surface area contributed by atoms with Gasteiger partial charge in [-0.1, -0.05) is 25.3 Å². The first-order valence-electron chi connectivity index (χ1n) is 9.64. The average Bonchev–Trinajstić information content (AvgIpc) is 2.70. The van der Waals surface area contributed by atoms with Crippen molar-refractivity contribution in [2.24, 2.45) is 5.92 Å². The van der Waals surface area contributed by atoms with Crippen LogP contribution in [0.15, 0.2) is 36.4 Å². The van der Waals surface area contributed by atoms with Gasteiger partial charge in [-0.3, -0.25) is 9.59 Å². The van der Waals surface area contributed by atoms with Crippen LogP contribution in [0.1, 0.15) is 48.0 Å². The van der Waals surface area contributed by atoms with Gasteiger partial charge in [-0.2, -0.15) is 0 Å². The van der Waals surface area contributed by atoms with Crippen molar-refractivity contribution in [1.29, 1.82) is 0 Å². The van der Waals surface area contributed by atoms with Crippen molar-refractivity contribution >= 4 is 41.3 Å². The maximum Gasteiger partial charge on any atom is 0.256 e. The average molecular weight is 418 g/mol. The molecule has 7 heteroatoms. The van der Waals surface area contributed by atoms with Crippen LogP contribution in [0.3, 0.4) is 0 Å². The molecule has 0 atom stereocenters. The largest absolute Gasteiger partial charge is 0.495 e. The summed E-state index contributed by atoms with van der Waals surface area (Å²) in [5.41, 5.74) is 8.82. The van der Waals surface area contributed by atoms with Crippen molar-refractivity contribution in [3.8, 4) is 5.75 Å². The Labute approximate surface area is 177 Å². The lowest BCUT2D eigenvalue weighted by Crippen LogP contribution is -2.25. The number of nitrogens with two attached hydrogens (primary N) is 1. The SMILES string of the molecule is COc1ccc(NC(=O)c2cc(N)ccc2C)cc1NC(=O)C1CCCCC1.Cl. The van der Waals surface area contributed by atoms with Gasteiger partial charge in [-0.05, 0) is 55.7 Å². The number of benzene rings is 2. The predicted octanol–water partition coefficient (Wildman–Crippen LogP) is 4.78. The number of carbonyl (C=O) groups is 2. The summed E-state index contributed by atoms with van der Waals surface area (Å²) < 4.78 is 5.37. The highest BCUT2D eigenvalue weighted by atomic mass is 35.5. The normalized spacial score (nSPS) is 13.9. The van der Waals surface area contributed by atoms with Crippen LogP contribution in [0.25, 0.3) is 0 Å². The van der Waals surface area contributed by atoms with Crippen LogP contribution < -0.4 is 21.1 Å². The maximum atomic E-state index is 12.6. The molecule has 29 heavy (non-hydrogen) atoms. The molecule has 1 aliphatic rings. The number of hydrogen-bond donors (Lipinski definition) is 3. The van der Waals surface area contributed by atoms with Gasteiger partial charge in [0, 0.05) is 22.9 Å². The van der Waals surface area contributed by atoms with E-state index in [9.17, 15) is 9.59 Å². The molecule has 2 aromatic rings. The van der Waals surface area contributed by atoms with Crippen molar-refractivity contribution in [3.05, 3.63) is 47.5 Å². The van der Waals surface area contributed by atoms with E-state index in [-0.39, 0.29) is 30.1 Å². The van der Waals surface area contributed by atoms with Gasteiger partial charge in [0.2, 0.25) is 5.91 Å². The molecule has 1 fully saturated rings. The minimum absolute atomic E-state index is 0. The number of amides is 2. The summed E-state index contributed by atoms with van der Waals surface area (Å²) in [6.07, 6.45) is 5.20. The van der Waals surface area contributed by atoms with E-state index in [2.05, 4.69) is 10.6 Å². The highest BCUT2D eigenvalue weighted by molar-refractivity contribution is 6.06. The second-order valence-electron chi connectivity index (χ2n) is 7.27. The Bertz CT molecular complexity index is 880. The van der Waals surface area contributed by atoms with Crippen LogP contribution in [0.2, 0.25) is 0 Å². The molecule has 2 amide bonds. The fourth-order valence-corrected chi connectivity index (χ4v) is 3.57. The summed E-state index contributed by atoms with van der Waals surface area (Å²) in [4.78, 5) is 25.2. The molecule has 0 bridgehead atoms. The van der Waals surface area contributed by atoms with Gasteiger partial charge in [0.1, 0.15) is 5.75 Å². The van der Waals surface area contributed by atoms with Crippen molar-refractivity contribution in [2.45, 2.75) is 39.0 Å². The Balaban J connectivity index is 0.00000300. The van der Waals surface area contributed by atoms with Gasteiger partial charge in [-0.15, -0.1) is 12.4 Å². The maximum absolute atomic E-state index is 12.6. The Kier molecular flexibility index (Phi) is 7.91. The second kappa shape index (κ2) is 10.2. The summed E-state index contributed by atoms with van der Waals surface area (Å²) >= 11 is 0. The van der Waals surface area contributed by atoms with Gasteiger partial charge >= 0.3 is 0 Å². The van der Waals surface area contributed by atoms with Gasteiger partial charge in [0.15, 0.2) is 0 Å². The standard InChI is InChI=1S/C22H27N3O3.ClH/c1-14-8-9-16(23)12-18(14)22(27)24-17-10-11-20(28-2)19(13-17)25-21(26)15-6-4-3-5-7-15;/h8-13,15H,3-7,23H2,1-2H3,(H,24,27)(H,25,26);1H. The summed E-state index contributed by atoms with van der Waals surface area (Å²) in [6, 6.07) is 10.4. The monoisotopic (exact) mass is 417 g/mol. The Hall–Kier alpha value is -2.73. The molecule has 1 saturated carbocycles. The number of ether oxygens (including phenoxy) is 1. The molecule has 4 N–H and O–H groups in total. The fraction of sp³-hybridized carbons (Fsp3) is 0.364. The molecule has 0 unspecified atom stereocenters. The summed E-state index contributed by atoms with van der Waals surface area (Å²) in [6.45, 7) is 1.86. The van der Waals surface area contributed by atoms with E-state index in [0.29, 0.717) is 28.4 Å². The molecule has 2 aromatic carbocycles. The number of nitrogens with one attached hydrogen (secondary N) is 2. The molecule has 0 aliphatic heterocycles. The Morgan fingerprint density at radius 1 is 1.03 bits per heavy atom. The molecule has 0 radical (unpaired) electrons. The van der Waals surface area contributed by atoms with Gasteiger partial charge < -0.3 is 21.1 Å². The number of carbonyl (C=O) groups excluding carboxylic acids is 2. The van der Waals surface area contributed by atoms with E-state index < -0.39 is 0 Å². The van der Waals surface area contributed by atoms with E-state index in [0.717, 1.165) is 31.2 Å². The molecule has 156 valence electrons. The first-order chi connectivity index (χ1) is 13.5. The lowest BCUT2D eigenvalue weighted by molar-refractivity contribution is -0.120. The van der Waals surface area contributed by atoms with E-state index in [1.165, 1.54) is 6.42 Å². The van der Waals surface area contributed by atoms with Gasteiger partial charge in [0.25, 0.3) is 5.91 Å². The minimum Gasteiger partial charge on any atom is -0.495 e. The minimum atomic E-state index is -0.250. The molecule has 6 nitrogen and oxygen atoms in total.